The number of aryl methyl sites for hydroxylation is 1. The molecule has 0 saturated heterocycles. The van der Waals surface area contributed by atoms with E-state index >= 15 is 0 Å². The molecular formula is C17H25NO5. The predicted molar refractivity (Wildman–Crippen MR) is 86.9 cm³/mol. The van der Waals surface area contributed by atoms with Crippen molar-refractivity contribution in [1.82, 2.24) is 5.32 Å². The van der Waals surface area contributed by atoms with Gasteiger partial charge < -0.3 is 19.9 Å². The summed E-state index contributed by atoms with van der Waals surface area (Å²) in [6.45, 7) is 6.82. The van der Waals surface area contributed by atoms with Gasteiger partial charge in [0.05, 0.1) is 25.7 Å². The fraction of sp³-hybridized carbons (Fsp3) is 0.529. The fourth-order valence-electron chi connectivity index (χ4n) is 2.31. The summed E-state index contributed by atoms with van der Waals surface area (Å²) < 4.78 is 10.5. The largest absolute Gasteiger partial charge is 0.493 e. The highest BCUT2D eigenvalue weighted by molar-refractivity contribution is 5.84. The fourth-order valence-corrected chi connectivity index (χ4v) is 2.31. The molecule has 2 N–H and O–H groups in total. The van der Waals surface area contributed by atoms with E-state index in [2.05, 4.69) is 5.32 Å². The van der Waals surface area contributed by atoms with Crippen LogP contribution in [0.1, 0.15) is 44.4 Å². The third-order valence-electron chi connectivity index (χ3n) is 3.80. The van der Waals surface area contributed by atoms with Crippen LogP contribution in [0.25, 0.3) is 0 Å². The van der Waals surface area contributed by atoms with Crippen molar-refractivity contribution in [3.63, 3.8) is 0 Å². The average Bonchev–Trinajstić information content (AvgIpc) is 2.45. The Hall–Kier alpha value is -2.24. The zero-order valence-electron chi connectivity index (χ0n) is 14.5. The molecule has 0 aliphatic carbocycles. The molecule has 1 unspecified atom stereocenters. The Morgan fingerprint density at radius 2 is 1.74 bits per heavy atom. The van der Waals surface area contributed by atoms with Gasteiger partial charge in [0.15, 0.2) is 11.5 Å². The Bertz CT molecular complexity index is 595. The maximum atomic E-state index is 12.1. The minimum absolute atomic E-state index is 0.0843. The van der Waals surface area contributed by atoms with Crippen LogP contribution in [0.5, 0.6) is 11.5 Å². The molecule has 0 aliphatic heterocycles. The van der Waals surface area contributed by atoms with Crippen LogP contribution in [-0.4, -0.2) is 31.2 Å². The van der Waals surface area contributed by atoms with Gasteiger partial charge in [0.1, 0.15) is 0 Å². The van der Waals surface area contributed by atoms with Crippen molar-refractivity contribution in [2.24, 2.45) is 5.41 Å². The number of carboxylic acids is 1. The molecule has 0 spiro atoms. The average molecular weight is 323 g/mol. The van der Waals surface area contributed by atoms with Crippen molar-refractivity contribution < 1.29 is 24.2 Å². The van der Waals surface area contributed by atoms with Crippen molar-refractivity contribution >= 4 is 11.9 Å². The highest BCUT2D eigenvalue weighted by Gasteiger charge is 2.30. The summed E-state index contributed by atoms with van der Waals surface area (Å²) in [6.07, 6.45) is -0.0843. The van der Waals surface area contributed by atoms with Gasteiger partial charge in [-0.25, -0.2) is 0 Å². The summed E-state index contributed by atoms with van der Waals surface area (Å²) in [5.74, 6) is -0.0963. The summed E-state index contributed by atoms with van der Waals surface area (Å²) in [5.41, 5.74) is 0.744. The van der Waals surface area contributed by atoms with Crippen molar-refractivity contribution in [3.8, 4) is 11.5 Å². The van der Waals surface area contributed by atoms with Gasteiger partial charge in [-0.3, -0.25) is 9.59 Å². The van der Waals surface area contributed by atoms with Gasteiger partial charge >= 0.3 is 5.97 Å². The normalized spacial score (nSPS) is 12.4. The number of benzene rings is 1. The van der Waals surface area contributed by atoms with E-state index in [9.17, 15) is 9.59 Å². The number of nitrogens with one attached hydrogen (secondary N) is 1. The second-order valence-corrected chi connectivity index (χ2v) is 6.22. The Morgan fingerprint density at radius 1 is 1.22 bits per heavy atom. The first-order valence-corrected chi connectivity index (χ1v) is 7.37. The number of carboxylic acid groups (broad SMARTS) is 1. The molecule has 0 aromatic heterocycles. The van der Waals surface area contributed by atoms with Gasteiger partial charge in [0, 0.05) is 6.42 Å². The Morgan fingerprint density at radius 3 is 2.22 bits per heavy atom. The topological polar surface area (TPSA) is 84.9 Å². The number of aliphatic carboxylic acids is 1. The molecule has 0 bridgehead atoms. The molecule has 1 amide bonds. The molecular weight excluding hydrogens is 298 g/mol. The summed E-state index contributed by atoms with van der Waals surface area (Å²) in [7, 11) is 3.12. The molecule has 6 nitrogen and oxygen atoms in total. The first-order valence-electron chi connectivity index (χ1n) is 7.37. The van der Waals surface area contributed by atoms with Crippen LogP contribution in [0.2, 0.25) is 0 Å². The number of methoxy groups -OCH3 is 2. The summed E-state index contributed by atoms with van der Waals surface area (Å²) >= 11 is 0. The third kappa shape index (κ3) is 4.61. The van der Waals surface area contributed by atoms with Crippen molar-refractivity contribution in [1.29, 1.82) is 0 Å². The highest BCUT2D eigenvalue weighted by Crippen LogP contribution is 2.33. The quantitative estimate of drug-likeness (QED) is 0.806. The number of carbonyl (C=O) groups excluding carboxylic acids is 1. The minimum atomic E-state index is -1.10. The molecule has 1 aromatic carbocycles. The van der Waals surface area contributed by atoms with Gasteiger partial charge in [-0.15, -0.1) is 0 Å². The third-order valence-corrected chi connectivity index (χ3v) is 3.80. The molecule has 0 heterocycles. The smallest absolute Gasteiger partial charge is 0.309 e. The zero-order valence-corrected chi connectivity index (χ0v) is 14.5. The monoisotopic (exact) mass is 323 g/mol. The lowest BCUT2D eigenvalue weighted by Gasteiger charge is -2.22. The minimum Gasteiger partial charge on any atom is -0.493 e. The van der Waals surface area contributed by atoms with Crippen LogP contribution in [0.15, 0.2) is 12.1 Å². The Balaban J connectivity index is 2.92. The Kier molecular flexibility index (Phi) is 6.01. The second kappa shape index (κ2) is 7.35. The molecule has 0 aliphatic rings. The molecule has 23 heavy (non-hydrogen) atoms. The van der Waals surface area contributed by atoms with E-state index in [-0.39, 0.29) is 18.4 Å². The van der Waals surface area contributed by atoms with Crippen LogP contribution in [0.3, 0.4) is 0 Å². The van der Waals surface area contributed by atoms with E-state index < -0.39 is 11.4 Å². The van der Waals surface area contributed by atoms with Gasteiger partial charge in [-0.2, -0.15) is 0 Å². The molecule has 0 radical (unpaired) electrons. The number of hydrogen-bond donors (Lipinski definition) is 2. The Labute approximate surface area is 136 Å². The maximum absolute atomic E-state index is 12.1. The summed E-state index contributed by atoms with van der Waals surface area (Å²) in [4.78, 5) is 23.2. The zero-order chi connectivity index (χ0) is 17.8. The van der Waals surface area contributed by atoms with Gasteiger partial charge in [-0.05, 0) is 51.0 Å². The molecule has 6 heteroatoms. The lowest BCUT2D eigenvalue weighted by molar-refractivity contribution is -0.149. The van der Waals surface area contributed by atoms with Gasteiger partial charge in [-0.1, -0.05) is 0 Å². The maximum Gasteiger partial charge on any atom is 0.309 e. The number of rotatable bonds is 7. The molecule has 1 atom stereocenters. The molecule has 0 saturated carbocycles. The number of ether oxygens (including phenoxy) is 2. The standard InChI is InChI=1S/C17H25NO5/c1-10-7-13(22-5)14(23-6)8-12(10)11(2)18-15(19)9-17(3,4)16(20)21/h7-8,11H,9H2,1-6H3,(H,18,19)(H,20,21). The second-order valence-electron chi connectivity index (χ2n) is 6.22. The van der Waals surface area contributed by atoms with Gasteiger partial charge in [0.2, 0.25) is 5.91 Å². The highest BCUT2D eigenvalue weighted by atomic mass is 16.5. The molecule has 1 rings (SSSR count). The van der Waals surface area contributed by atoms with Gasteiger partial charge in [0.25, 0.3) is 0 Å². The van der Waals surface area contributed by atoms with E-state index in [1.165, 1.54) is 13.8 Å². The molecule has 0 fully saturated rings. The number of amides is 1. The van der Waals surface area contributed by atoms with Crippen LogP contribution in [-0.2, 0) is 9.59 Å². The summed E-state index contributed by atoms with van der Waals surface area (Å²) in [5, 5.41) is 11.9. The molecule has 128 valence electrons. The van der Waals surface area contributed by atoms with Crippen molar-refractivity contribution in [3.05, 3.63) is 23.3 Å². The van der Waals surface area contributed by atoms with E-state index in [1.54, 1.807) is 14.2 Å². The van der Waals surface area contributed by atoms with E-state index in [1.807, 2.05) is 26.0 Å². The van der Waals surface area contributed by atoms with E-state index in [0.29, 0.717) is 11.5 Å². The predicted octanol–water partition coefficient (Wildman–Crippen LogP) is 2.69. The van der Waals surface area contributed by atoms with E-state index in [4.69, 9.17) is 14.6 Å². The van der Waals surface area contributed by atoms with Crippen LogP contribution >= 0.6 is 0 Å². The summed E-state index contributed by atoms with van der Waals surface area (Å²) in [6, 6.07) is 3.39. The number of hydrogen-bond acceptors (Lipinski definition) is 4. The lowest BCUT2D eigenvalue weighted by atomic mass is 9.89. The van der Waals surface area contributed by atoms with Crippen molar-refractivity contribution in [2.45, 2.75) is 40.2 Å². The van der Waals surface area contributed by atoms with E-state index in [0.717, 1.165) is 11.1 Å². The van der Waals surface area contributed by atoms with Crippen molar-refractivity contribution in [2.75, 3.05) is 14.2 Å². The molecule has 1 aromatic rings. The first kappa shape index (κ1) is 18.8. The lowest BCUT2D eigenvalue weighted by Crippen LogP contribution is -2.34. The van der Waals surface area contributed by atoms with Crippen LogP contribution in [0.4, 0.5) is 0 Å². The van der Waals surface area contributed by atoms with Crippen LogP contribution in [0, 0.1) is 12.3 Å². The number of carbonyl (C=O) groups is 2. The SMILES string of the molecule is COc1cc(C)c(C(C)NC(=O)CC(C)(C)C(=O)O)cc1OC. The van der Waals surface area contributed by atoms with Crippen LogP contribution < -0.4 is 14.8 Å². The first-order chi connectivity index (χ1) is 10.6.